The van der Waals surface area contributed by atoms with Crippen molar-refractivity contribution in [2.24, 2.45) is 0 Å². The molecule has 0 aliphatic carbocycles. The highest BCUT2D eigenvalue weighted by molar-refractivity contribution is 7.89. The van der Waals surface area contributed by atoms with Gasteiger partial charge >= 0.3 is 0 Å². The molecule has 0 aliphatic rings. The molecule has 1 aromatic rings. The van der Waals surface area contributed by atoms with Gasteiger partial charge in [-0.2, -0.15) is 0 Å². The SMILES string of the molecule is COCCNCCNS(=O)(=O)c1cc(Cl)c(OC)cc1Cl.Cl. The Bertz CT molecular complexity index is 570. The topological polar surface area (TPSA) is 76.7 Å². The third kappa shape index (κ3) is 6.45. The molecule has 6 nitrogen and oxygen atoms in total. The van der Waals surface area contributed by atoms with Crippen LogP contribution >= 0.6 is 35.6 Å². The number of nitrogens with one attached hydrogen (secondary N) is 2. The number of sulfonamides is 1. The summed E-state index contributed by atoms with van der Waals surface area (Å²) in [5.41, 5.74) is 0. The number of hydrogen-bond donors (Lipinski definition) is 2. The van der Waals surface area contributed by atoms with Crippen molar-refractivity contribution in [2.45, 2.75) is 4.90 Å². The van der Waals surface area contributed by atoms with E-state index in [1.54, 1.807) is 7.11 Å². The minimum Gasteiger partial charge on any atom is -0.495 e. The van der Waals surface area contributed by atoms with Crippen LogP contribution < -0.4 is 14.8 Å². The number of rotatable bonds is 9. The molecule has 0 saturated carbocycles. The van der Waals surface area contributed by atoms with Gasteiger partial charge in [-0.25, -0.2) is 13.1 Å². The molecule has 22 heavy (non-hydrogen) atoms. The standard InChI is InChI=1S/C12H18Cl2N2O4S.ClH/c1-19-6-5-15-3-4-16-21(17,18)12-8-9(13)11(20-2)7-10(12)14;/h7-8,15-16H,3-6H2,1-2H3;1H. The fourth-order valence-corrected chi connectivity index (χ4v) is 3.40. The van der Waals surface area contributed by atoms with Gasteiger partial charge in [-0.3, -0.25) is 0 Å². The molecule has 2 N–H and O–H groups in total. The zero-order valence-corrected chi connectivity index (χ0v) is 15.3. The second-order valence-electron chi connectivity index (χ2n) is 4.06. The minimum atomic E-state index is -3.72. The van der Waals surface area contributed by atoms with Gasteiger partial charge in [-0.1, -0.05) is 23.2 Å². The maximum atomic E-state index is 12.1. The number of benzene rings is 1. The second kappa shape index (κ2) is 10.5. The Kier molecular flexibility index (Phi) is 10.4. The highest BCUT2D eigenvalue weighted by atomic mass is 35.5. The summed E-state index contributed by atoms with van der Waals surface area (Å²) < 4.78 is 36.6. The lowest BCUT2D eigenvalue weighted by molar-refractivity contribution is 0.199. The van der Waals surface area contributed by atoms with Crippen molar-refractivity contribution in [3.63, 3.8) is 0 Å². The first kappa shape index (κ1) is 21.7. The van der Waals surface area contributed by atoms with Crippen LogP contribution in [0.2, 0.25) is 10.0 Å². The van der Waals surface area contributed by atoms with E-state index in [1.807, 2.05) is 0 Å². The Morgan fingerprint density at radius 2 is 1.77 bits per heavy atom. The van der Waals surface area contributed by atoms with Crippen molar-refractivity contribution in [2.75, 3.05) is 40.5 Å². The third-order valence-electron chi connectivity index (χ3n) is 2.57. The van der Waals surface area contributed by atoms with Crippen LogP contribution in [0, 0.1) is 0 Å². The van der Waals surface area contributed by atoms with Gasteiger partial charge in [0.2, 0.25) is 10.0 Å². The first-order valence-corrected chi connectivity index (χ1v) is 8.38. The predicted molar refractivity (Wildman–Crippen MR) is 90.2 cm³/mol. The number of hydrogen-bond acceptors (Lipinski definition) is 5. The number of halogens is 3. The molecule has 0 bridgehead atoms. The van der Waals surface area contributed by atoms with E-state index in [4.69, 9.17) is 32.7 Å². The van der Waals surface area contributed by atoms with Crippen LogP contribution in [0.1, 0.15) is 0 Å². The van der Waals surface area contributed by atoms with E-state index < -0.39 is 10.0 Å². The summed E-state index contributed by atoms with van der Waals surface area (Å²) in [6, 6.07) is 2.64. The van der Waals surface area contributed by atoms with E-state index in [0.29, 0.717) is 25.4 Å². The summed E-state index contributed by atoms with van der Waals surface area (Å²) >= 11 is 11.9. The molecule has 0 aromatic heterocycles. The first-order chi connectivity index (χ1) is 9.92. The molecule has 128 valence electrons. The molecular weight excluding hydrogens is 375 g/mol. The van der Waals surface area contributed by atoms with Crippen LogP contribution in [0.25, 0.3) is 0 Å². The summed E-state index contributed by atoms with van der Waals surface area (Å²) in [5, 5.41) is 3.26. The molecule has 0 saturated heterocycles. The third-order valence-corrected chi connectivity index (χ3v) is 4.79. The van der Waals surface area contributed by atoms with Crippen molar-refractivity contribution in [3.05, 3.63) is 22.2 Å². The quantitative estimate of drug-likeness (QED) is 0.627. The van der Waals surface area contributed by atoms with Crippen molar-refractivity contribution >= 4 is 45.6 Å². The molecule has 0 unspecified atom stereocenters. The molecule has 0 aliphatic heterocycles. The monoisotopic (exact) mass is 392 g/mol. The lowest BCUT2D eigenvalue weighted by atomic mass is 10.3. The summed E-state index contributed by atoms with van der Waals surface area (Å²) in [6.07, 6.45) is 0. The second-order valence-corrected chi connectivity index (χ2v) is 6.61. The first-order valence-electron chi connectivity index (χ1n) is 6.14. The zero-order chi connectivity index (χ0) is 15.9. The Hall–Kier alpha value is -0.280. The maximum absolute atomic E-state index is 12.1. The average Bonchev–Trinajstić information content (AvgIpc) is 2.44. The van der Waals surface area contributed by atoms with Crippen LogP contribution in [0.5, 0.6) is 5.75 Å². The van der Waals surface area contributed by atoms with Crippen molar-refractivity contribution in [1.29, 1.82) is 0 Å². The molecule has 0 heterocycles. The highest BCUT2D eigenvalue weighted by Gasteiger charge is 2.20. The lowest BCUT2D eigenvalue weighted by Gasteiger charge is -2.11. The Labute approximate surface area is 146 Å². The molecule has 0 fully saturated rings. The smallest absolute Gasteiger partial charge is 0.242 e. The van der Waals surface area contributed by atoms with Crippen LogP contribution in [-0.2, 0) is 14.8 Å². The van der Waals surface area contributed by atoms with Gasteiger partial charge in [0, 0.05) is 32.8 Å². The summed E-state index contributed by atoms with van der Waals surface area (Å²) in [7, 11) is -0.701. The molecule has 0 radical (unpaired) electrons. The summed E-state index contributed by atoms with van der Waals surface area (Å²) in [4.78, 5) is -0.0770. The molecule has 0 spiro atoms. The van der Waals surface area contributed by atoms with E-state index >= 15 is 0 Å². The van der Waals surface area contributed by atoms with Gasteiger partial charge in [0.05, 0.1) is 23.8 Å². The molecule has 0 amide bonds. The Morgan fingerprint density at radius 1 is 1.09 bits per heavy atom. The van der Waals surface area contributed by atoms with Crippen LogP contribution in [-0.4, -0.2) is 48.9 Å². The van der Waals surface area contributed by atoms with Crippen molar-refractivity contribution in [1.82, 2.24) is 10.0 Å². The van der Waals surface area contributed by atoms with E-state index in [1.165, 1.54) is 19.2 Å². The van der Waals surface area contributed by atoms with Gasteiger partial charge in [-0.15, -0.1) is 12.4 Å². The van der Waals surface area contributed by atoms with E-state index in [2.05, 4.69) is 10.0 Å². The van der Waals surface area contributed by atoms with Crippen LogP contribution in [0.3, 0.4) is 0 Å². The fourth-order valence-electron chi connectivity index (χ4n) is 1.52. The van der Waals surface area contributed by atoms with E-state index in [-0.39, 0.29) is 33.9 Å². The lowest BCUT2D eigenvalue weighted by Crippen LogP contribution is -2.33. The van der Waals surface area contributed by atoms with Gasteiger partial charge in [0.15, 0.2) is 0 Å². The van der Waals surface area contributed by atoms with Gasteiger partial charge in [-0.05, 0) is 6.07 Å². The number of methoxy groups -OCH3 is 2. The van der Waals surface area contributed by atoms with Gasteiger partial charge < -0.3 is 14.8 Å². The van der Waals surface area contributed by atoms with Gasteiger partial charge in [0.1, 0.15) is 10.6 Å². The highest BCUT2D eigenvalue weighted by Crippen LogP contribution is 2.33. The van der Waals surface area contributed by atoms with Crippen LogP contribution in [0.4, 0.5) is 0 Å². The van der Waals surface area contributed by atoms with Crippen molar-refractivity contribution in [3.8, 4) is 5.75 Å². The summed E-state index contributed by atoms with van der Waals surface area (Å²) in [5.74, 6) is 0.321. The summed E-state index contributed by atoms with van der Waals surface area (Å²) in [6.45, 7) is 1.91. The normalized spacial score (nSPS) is 11.1. The van der Waals surface area contributed by atoms with Crippen molar-refractivity contribution < 1.29 is 17.9 Å². The minimum absolute atomic E-state index is 0. The Morgan fingerprint density at radius 3 is 2.36 bits per heavy atom. The van der Waals surface area contributed by atoms with E-state index in [0.717, 1.165) is 0 Å². The largest absolute Gasteiger partial charge is 0.495 e. The van der Waals surface area contributed by atoms with Crippen LogP contribution in [0.15, 0.2) is 17.0 Å². The molecule has 0 atom stereocenters. The average molecular weight is 394 g/mol. The zero-order valence-electron chi connectivity index (χ0n) is 12.2. The maximum Gasteiger partial charge on any atom is 0.242 e. The molecule has 1 rings (SSSR count). The van der Waals surface area contributed by atoms with E-state index in [9.17, 15) is 8.42 Å². The molecule has 1 aromatic carbocycles. The fraction of sp³-hybridized carbons (Fsp3) is 0.500. The molecular formula is C12H19Cl3N2O4S. The number of ether oxygens (including phenoxy) is 2. The predicted octanol–water partition coefficient (Wildman–Crippen LogP) is 1.94. The molecule has 10 heteroatoms. The van der Waals surface area contributed by atoms with Gasteiger partial charge in [0.25, 0.3) is 0 Å². The Balaban J connectivity index is 0.00000441.